The van der Waals surface area contributed by atoms with E-state index < -0.39 is 17.4 Å². The molecule has 3 rings (SSSR count). The molecule has 46 heavy (non-hydrogen) atoms. The molecule has 0 saturated carbocycles. The van der Waals surface area contributed by atoms with Crippen LogP contribution in [0.15, 0.2) is 29.1 Å². The lowest BCUT2D eigenvalue weighted by Gasteiger charge is -2.21. The van der Waals surface area contributed by atoms with Gasteiger partial charge in [-0.2, -0.15) is 9.97 Å². The number of hydrogen-bond acceptors (Lipinski definition) is 10. The average molecular weight is 642 g/mol. The maximum Gasteiger partial charge on any atom is 0.407 e. The molecule has 14 heteroatoms. The first kappa shape index (κ1) is 36.2. The standard InChI is InChI=1S/C32H47N7O7/c1-6-38(18-10-16-33-31(43)46-32(2,3)4)17-9-7-8-11-25(41)34-27-26-28(37-29(36-27)45-20-19-44-5)39(30(42)35-26)21-23-12-14-24(22-40)15-13-23/h12-15,22H,6-11,16-21H2,1-5H3,(H,33,43)(H,35,42)(H,34,36,37,41). The first-order valence-electron chi connectivity index (χ1n) is 15.7. The highest BCUT2D eigenvalue weighted by Gasteiger charge is 2.19. The molecule has 0 unspecified atom stereocenters. The SMILES string of the molecule is CCN(CCCCCC(=O)Nc1nc(OCCOC)nc2c1[nH]c(=O)n2Cc1ccc(C=O)cc1)CCCNC(=O)OC(C)(C)C. The third-order valence-electron chi connectivity index (χ3n) is 6.98. The molecule has 0 bridgehead atoms. The molecule has 0 aliphatic carbocycles. The van der Waals surface area contributed by atoms with Crippen molar-refractivity contribution < 1.29 is 28.6 Å². The van der Waals surface area contributed by atoms with Crippen molar-refractivity contribution in [3.63, 3.8) is 0 Å². The summed E-state index contributed by atoms with van der Waals surface area (Å²) in [5.41, 5.74) is 0.957. The average Bonchev–Trinajstić information content (AvgIpc) is 3.32. The van der Waals surface area contributed by atoms with E-state index in [9.17, 15) is 19.2 Å². The molecule has 3 N–H and O–H groups in total. The van der Waals surface area contributed by atoms with Gasteiger partial charge in [-0.25, -0.2) is 9.59 Å². The summed E-state index contributed by atoms with van der Waals surface area (Å²) in [6.07, 6.45) is 3.92. The maximum absolute atomic E-state index is 12.9. The number of ether oxygens (including phenoxy) is 3. The van der Waals surface area contributed by atoms with E-state index in [2.05, 4.69) is 37.4 Å². The fraction of sp³-hybridized carbons (Fsp3) is 0.562. The van der Waals surface area contributed by atoms with Gasteiger partial charge in [-0.15, -0.1) is 0 Å². The number of imidazole rings is 1. The predicted octanol–water partition coefficient (Wildman–Crippen LogP) is 3.74. The molecule has 3 aromatic rings. The van der Waals surface area contributed by atoms with Gasteiger partial charge in [0.25, 0.3) is 0 Å². The number of unbranched alkanes of at least 4 members (excludes halogenated alkanes) is 2. The number of methoxy groups -OCH3 is 1. The molecule has 0 spiro atoms. The highest BCUT2D eigenvalue weighted by atomic mass is 16.6. The third-order valence-corrected chi connectivity index (χ3v) is 6.98. The first-order valence-corrected chi connectivity index (χ1v) is 15.7. The summed E-state index contributed by atoms with van der Waals surface area (Å²) in [6, 6.07) is 6.88. The topological polar surface area (TPSA) is 170 Å². The number of carbonyl (C=O) groups is 3. The molecule has 0 aliphatic rings. The van der Waals surface area contributed by atoms with Gasteiger partial charge in [0.1, 0.15) is 24.0 Å². The minimum atomic E-state index is -0.517. The summed E-state index contributed by atoms with van der Waals surface area (Å²) in [4.78, 5) is 62.6. The van der Waals surface area contributed by atoms with Crippen molar-refractivity contribution in [2.24, 2.45) is 0 Å². The molecule has 0 atom stereocenters. The second kappa shape index (κ2) is 18.0. The Morgan fingerprint density at radius 3 is 2.46 bits per heavy atom. The van der Waals surface area contributed by atoms with Crippen molar-refractivity contribution in [1.82, 2.24) is 29.7 Å². The number of benzene rings is 1. The minimum absolute atomic E-state index is 0.00449. The van der Waals surface area contributed by atoms with Crippen molar-refractivity contribution >= 4 is 35.3 Å². The molecule has 0 aliphatic heterocycles. The van der Waals surface area contributed by atoms with Crippen LogP contribution in [0.4, 0.5) is 10.6 Å². The van der Waals surface area contributed by atoms with Crippen molar-refractivity contribution in [3.05, 3.63) is 45.9 Å². The van der Waals surface area contributed by atoms with Crippen LogP contribution in [0.2, 0.25) is 0 Å². The number of anilines is 1. The van der Waals surface area contributed by atoms with Gasteiger partial charge in [0.05, 0.1) is 13.2 Å². The summed E-state index contributed by atoms with van der Waals surface area (Å²) in [5, 5.41) is 5.61. The molecule has 252 valence electrons. The first-order chi connectivity index (χ1) is 22.0. The second-order valence-corrected chi connectivity index (χ2v) is 11.8. The summed E-state index contributed by atoms with van der Waals surface area (Å²) in [5.74, 6) is -0.0758. The smallest absolute Gasteiger partial charge is 0.407 e. The summed E-state index contributed by atoms with van der Waals surface area (Å²) >= 11 is 0. The molecule has 2 amide bonds. The Morgan fingerprint density at radius 1 is 1.04 bits per heavy atom. The fourth-order valence-corrected chi connectivity index (χ4v) is 4.64. The largest absolute Gasteiger partial charge is 0.461 e. The van der Waals surface area contributed by atoms with Crippen molar-refractivity contribution in [1.29, 1.82) is 0 Å². The Hall–Kier alpha value is -4.30. The van der Waals surface area contributed by atoms with Crippen LogP contribution in [0.3, 0.4) is 0 Å². The highest BCUT2D eigenvalue weighted by Crippen LogP contribution is 2.22. The monoisotopic (exact) mass is 641 g/mol. The molecule has 1 aromatic carbocycles. The Bertz CT molecular complexity index is 1480. The maximum atomic E-state index is 12.9. The van der Waals surface area contributed by atoms with E-state index in [1.54, 1.807) is 31.4 Å². The minimum Gasteiger partial charge on any atom is -0.461 e. The quantitative estimate of drug-likeness (QED) is 0.129. The van der Waals surface area contributed by atoms with E-state index in [-0.39, 0.29) is 43.0 Å². The number of hydrogen-bond donors (Lipinski definition) is 3. The Balaban J connectivity index is 1.54. The van der Waals surface area contributed by atoms with Gasteiger partial charge < -0.3 is 34.7 Å². The van der Waals surface area contributed by atoms with E-state index in [0.29, 0.717) is 30.7 Å². The van der Waals surface area contributed by atoms with E-state index in [1.807, 2.05) is 20.8 Å². The van der Waals surface area contributed by atoms with E-state index in [4.69, 9.17) is 14.2 Å². The van der Waals surface area contributed by atoms with Crippen LogP contribution in [-0.4, -0.2) is 94.8 Å². The lowest BCUT2D eigenvalue weighted by molar-refractivity contribution is -0.116. The number of aromatic amines is 1. The van der Waals surface area contributed by atoms with Gasteiger partial charge >= 0.3 is 17.8 Å². The Kier molecular flexibility index (Phi) is 14.2. The van der Waals surface area contributed by atoms with Gasteiger partial charge in [-0.3, -0.25) is 14.2 Å². The number of alkyl carbamates (subject to hydrolysis) is 1. The van der Waals surface area contributed by atoms with E-state index >= 15 is 0 Å². The molecule has 2 aromatic heterocycles. The van der Waals surface area contributed by atoms with Crippen LogP contribution in [0, 0.1) is 0 Å². The number of amides is 2. The number of nitrogens with one attached hydrogen (secondary N) is 3. The Morgan fingerprint density at radius 2 is 1.78 bits per heavy atom. The van der Waals surface area contributed by atoms with Crippen LogP contribution in [0.25, 0.3) is 11.2 Å². The molecule has 14 nitrogen and oxygen atoms in total. The molecule has 0 radical (unpaired) electrons. The van der Waals surface area contributed by atoms with Gasteiger partial charge in [0.15, 0.2) is 11.5 Å². The number of nitrogens with zero attached hydrogens (tertiary/aromatic N) is 4. The van der Waals surface area contributed by atoms with Crippen LogP contribution >= 0.6 is 0 Å². The number of carbonyl (C=O) groups excluding carboxylic acids is 3. The third kappa shape index (κ3) is 11.9. The van der Waals surface area contributed by atoms with Crippen molar-refractivity contribution in [2.75, 3.05) is 51.8 Å². The number of aromatic nitrogens is 4. The molecular weight excluding hydrogens is 594 g/mol. The van der Waals surface area contributed by atoms with Crippen molar-refractivity contribution in [2.45, 2.75) is 71.9 Å². The summed E-state index contributed by atoms with van der Waals surface area (Å²) < 4.78 is 17.4. The molecule has 2 heterocycles. The van der Waals surface area contributed by atoms with Crippen LogP contribution in [0.5, 0.6) is 6.01 Å². The molecular formula is C32H47N7O7. The molecule has 0 saturated heterocycles. The van der Waals surface area contributed by atoms with Gasteiger partial charge in [0, 0.05) is 25.6 Å². The fourth-order valence-electron chi connectivity index (χ4n) is 4.64. The van der Waals surface area contributed by atoms with E-state index in [0.717, 1.165) is 50.7 Å². The van der Waals surface area contributed by atoms with Gasteiger partial charge in [-0.05, 0) is 65.2 Å². The lowest BCUT2D eigenvalue weighted by Crippen LogP contribution is -2.34. The number of fused-ring (bicyclic) bond motifs is 1. The van der Waals surface area contributed by atoms with Gasteiger partial charge in [0.2, 0.25) is 5.91 Å². The summed E-state index contributed by atoms with van der Waals surface area (Å²) in [7, 11) is 1.55. The number of aldehydes is 1. The normalized spacial score (nSPS) is 11.5. The summed E-state index contributed by atoms with van der Waals surface area (Å²) in [6.45, 7) is 11.5. The van der Waals surface area contributed by atoms with Crippen molar-refractivity contribution in [3.8, 4) is 6.01 Å². The second-order valence-electron chi connectivity index (χ2n) is 11.8. The zero-order valence-electron chi connectivity index (χ0n) is 27.5. The van der Waals surface area contributed by atoms with E-state index in [1.165, 1.54) is 4.57 Å². The Labute approximate surface area is 269 Å². The zero-order chi connectivity index (χ0) is 33.5. The zero-order valence-corrected chi connectivity index (χ0v) is 27.5. The van der Waals surface area contributed by atoms with Gasteiger partial charge in [-0.1, -0.05) is 37.6 Å². The lowest BCUT2D eigenvalue weighted by atomic mass is 10.1. The number of H-pyrrole nitrogens is 1. The number of rotatable bonds is 19. The predicted molar refractivity (Wildman–Crippen MR) is 175 cm³/mol. The van der Waals surface area contributed by atoms with Crippen LogP contribution in [0.1, 0.15) is 75.7 Å². The van der Waals surface area contributed by atoms with Crippen LogP contribution < -0.4 is 21.1 Å². The molecule has 0 fully saturated rings. The van der Waals surface area contributed by atoms with Crippen LogP contribution in [-0.2, 0) is 20.8 Å². The highest BCUT2D eigenvalue weighted by molar-refractivity contribution is 5.97.